The summed E-state index contributed by atoms with van der Waals surface area (Å²) in [6, 6.07) is 6.03. The van der Waals surface area contributed by atoms with Crippen molar-refractivity contribution >= 4 is 11.9 Å². The molecule has 1 aromatic heterocycles. The fraction of sp³-hybridized carbons (Fsp3) is 0.444. The summed E-state index contributed by atoms with van der Waals surface area (Å²) >= 11 is 0. The number of hydrogen-bond acceptors (Lipinski definition) is 6. The van der Waals surface area contributed by atoms with Crippen LogP contribution in [-0.2, 0) is 6.54 Å². The third kappa shape index (κ3) is 4.04. The van der Waals surface area contributed by atoms with Gasteiger partial charge in [-0.15, -0.1) is 0 Å². The van der Waals surface area contributed by atoms with Crippen LogP contribution in [0.15, 0.2) is 18.2 Å². The van der Waals surface area contributed by atoms with Gasteiger partial charge in [0, 0.05) is 18.7 Å². The first kappa shape index (κ1) is 17.1. The summed E-state index contributed by atoms with van der Waals surface area (Å²) in [5.74, 6) is 0.964. The first-order valence-electron chi connectivity index (χ1n) is 8.46. The van der Waals surface area contributed by atoms with Crippen LogP contribution >= 0.6 is 0 Å². The van der Waals surface area contributed by atoms with Gasteiger partial charge in [-0.1, -0.05) is 17.7 Å². The zero-order valence-corrected chi connectivity index (χ0v) is 14.9. The summed E-state index contributed by atoms with van der Waals surface area (Å²) in [6.07, 6.45) is 2.26. The molecule has 1 aliphatic rings. The average molecular weight is 341 g/mol. The van der Waals surface area contributed by atoms with Crippen LogP contribution in [0.5, 0.6) is 6.01 Å². The number of rotatable bonds is 5. The third-order valence-electron chi connectivity index (χ3n) is 4.25. The summed E-state index contributed by atoms with van der Waals surface area (Å²) in [4.78, 5) is 27.6. The summed E-state index contributed by atoms with van der Waals surface area (Å²) in [7, 11) is 1.53. The maximum Gasteiger partial charge on any atom is 0.321 e. The number of carbonyl (C=O) groups excluding carboxylic acids is 1. The number of ether oxygens (including phenoxy) is 1. The van der Waals surface area contributed by atoms with Gasteiger partial charge in [0.05, 0.1) is 13.7 Å². The Morgan fingerprint density at radius 2 is 1.96 bits per heavy atom. The maximum absolute atomic E-state index is 12.4. The molecule has 2 aromatic rings. The van der Waals surface area contributed by atoms with E-state index in [1.165, 1.54) is 7.11 Å². The molecule has 7 nitrogen and oxygen atoms in total. The SMILES string of the molecule is COc1nc(CNC(=O)c2ccc(C)cc2C)nc(N2CCCC2)n1. The maximum atomic E-state index is 12.4. The van der Waals surface area contributed by atoms with Crippen LogP contribution in [0.2, 0.25) is 0 Å². The Kier molecular flexibility index (Phi) is 5.11. The van der Waals surface area contributed by atoms with Gasteiger partial charge in [0.25, 0.3) is 5.91 Å². The smallest absolute Gasteiger partial charge is 0.321 e. The van der Waals surface area contributed by atoms with Gasteiger partial charge in [-0.25, -0.2) is 0 Å². The zero-order chi connectivity index (χ0) is 17.8. The fourth-order valence-corrected chi connectivity index (χ4v) is 2.94. The Bertz CT molecular complexity index is 772. The van der Waals surface area contributed by atoms with Gasteiger partial charge in [0.15, 0.2) is 5.82 Å². The van der Waals surface area contributed by atoms with Gasteiger partial charge in [-0.2, -0.15) is 15.0 Å². The molecule has 3 rings (SSSR count). The van der Waals surface area contributed by atoms with Crippen molar-refractivity contribution in [2.24, 2.45) is 0 Å². The lowest BCUT2D eigenvalue weighted by atomic mass is 10.1. The van der Waals surface area contributed by atoms with Crippen molar-refractivity contribution in [3.8, 4) is 6.01 Å². The van der Waals surface area contributed by atoms with E-state index in [9.17, 15) is 4.79 Å². The minimum atomic E-state index is -0.139. The Balaban J connectivity index is 1.73. The van der Waals surface area contributed by atoms with E-state index in [0.29, 0.717) is 17.3 Å². The minimum Gasteiger partial charge on any atom is -0.467 e. The summed E-state index contributed by atoms with van der Waals surface area (Å²) in [6.45, 7) is 6.03. The largest absolute Gasteiger partial charge is 0.467 e. The van der Waals surface area contributed by atoms with Crippen LogP contribution < -0.4 is 15.0 Å². The lowest BCUT2D eigenvalue weighted by molar-refractivity contribution is 0.0949. The topological polar surface area (TPSA) is 80.2 Å². The van der Waals surface area contributed by atoms with Crippen LogP contribution in [0.1, 0.15) is 40.2 Å². The van der Waals surface area contributed by atoms with Crippen molar-refractivity contribution in [1.82, 2.24) is 20.3 Å². The Hall–Kier alpha value is -2.70. The van der Waals surface area contributed by atoms with E-state index in [4.69, 9.17) is 4.74 Å². The highest BCUT2D eigenvalue weighted by Crippen LogP contribution is 2.18. The predicted octanol–water partition coefficient (Wildman–Crippen LogP) is 2.03. The summed E-state index contributed by atoms with van der Waals surface area (Å²) in [5.41, 5.74) is 2.74. The predicted molar refractivity (Wildman–Crippen MR) is 94.9 cm³/mol. The van der Waals surface area contributed by atoms with Gasteiger partial charge in [-0.05, 0) is 38.3 Å². The molecule has 1 fully saturated rings. The van der Waals surface area contributed by atoms with Gasteiger partial charge < -0.3 is 15.0 Å². The lowest BCUT2D eigenvalue weighted by Gasteiger charge is -2.16. The molecule has 1 saturated heterocycles. The molecule has 7 heteroatoms. The second-order valence-electron chi connectivity index (χ2n) is 6.23. The molecular formula is C18H23N5O2. The lowest BCUT2D eigenvalue weighted by Crippen LogP contribution is -2.26. The van der Waals surface area contributed by atoms with Crippen molar-refractivity contribution in [1.29, 1.82) is 0 Å². The monoisotopic (exact) mass is 341 g/mol. The highest BCUT2D eigenvalue weighted by Gasteiger charge is 2.18. The first-order valence-corrected chi connectivity index (χ1v) is 8.46. The van der Waals surface area contributed by atoms with Crippen LogP contribution in [0, 0.1) is 13.8 Å². The highest BCUT2D eigenvalue weighted by molar-refractivity contribution is 5.95. The van der Waals surface area contributed by atoms with E-state index in [0.717, 1.165) is 37.1 Å². The van der Waals surface area contributed by atoms with Crippen molar-refractivity contribution in [2.75, 3.05) is 25.1 Å². The Morgan fingerprint density at radius 1 is 1.20 bits per heavy atom. The normalized spacial score (nSPS) is 13.8. The van der Waals surface area contributed by atoms with Gasteiger partial charge in [-0.3, -0.25) is 4.79 Å². The van der Waals surface area contributed by atoms with Crippen LogP contribution in [0.4, 0.5) is 5.95 Å². The second kappa shape index (κ2) is 7.46. The second-order valence-corrected chi connectivity index (χ2v) is 6.23. The standard InChI is InChI=1S/C18H23N5O2/c1-12-6-7-14(13(2)10-12)16(24)19-11-15-20-17(22-18(21-15)25-3)23-8-4-5-9-23/h6-7,10H,4-5,8-9,11H2,1-3H3,(H,19,24). The number of benzene rings is 1. The highest BCUT2D eigenvalue weighted by atomic mass is 16.5. The van der Waals surface area contributed by atoms with E-state index in [1.54, 1.807) is 0 Å². The molecular weight excluding hydrogens is 318 g/mol. The van der Waals surface area contributed by atoms with E-state index in [1.807, 2.05) is 32.0 Å². The number of anilines is 1. The van der Waals surface area contributed by atoms with E-state index in [2.05, 4.69) is 25.2 Å². The number of amides is 1. The summed E-state index contributed by atoms with van der Waals surface area (Å²) in [5, 5.41) is 2.88. The quantitative estimate of drug-likeness (QED) is 0.896. The number of methoxy groups -OCH3 is 1. The molecule has 25 heavy (non-hydrogen) atoms. The van der Waals surface area contributed by atoms with Crippen LogP contribution in [-0.4, -0.2) is 41.1 Å². The summed E-state index contributed by atoms with van der Waals surface area (Å²) < 4.78 is 5.18. The van der Waals surface area contributed by atoms with Crippen LogP contribution in [0.3, 0.4) is 0 Å². The fourth-order valence-electron chi connectivity index (χ4n) is 2.94. The number of aryl methyl sites for hydroxylation is 2. The molecule has 132 valence electrons. The molecule has 0 atom stereocenters. The van der Waals surface area contributed by atoms with Crippen molar-refractivity contribution in [3.05, 3.63) is 40.7 Å². The molecule has 1 aliphatic heterocycles. The average Bonchev–Trinajstić information content (AvgIpc) is 3.14. The molecule has 2 heterocycles. The molecule has 0 spiro atoms. The molecule has 0 aliphatic carbocycles. The van der Waals surface area contributed by atoms with Gasteiger partial charge in [0.2, 0.25) is 5.95 Å². The molecule has 1 N–H and O–H groups in total. The molecule has 1 aromatic carbocycles. The number of aromatic nitrogens is 3. The Morgan fingerprint density at radius 3 is 2.64 bits per heavy atom. The molecule has 0 unspecified atom stereocenters. The molecule has 0 bridgehead atoms. The number of hydrogen-bond donors (Lipinski definition) is 1. The van der Waals surface area contributed by atoms with Gasteiger partial charge >= 0.3 is 6.01 Å². The Labute approximate surface area is 147 Å². The number of carbonyl (C=O) groups is 1. The van der Waals surface area contributed by atoms with Crippen molar-refractivity contribution in [3.63, 3.8) is 0 Å². The van der Waals surface area contributed by atoms with E-state index >= 15 is 0 Å². The van der Waals surface area contributed by atoms with Gasteiger partial charge in [0.1, 0.15) is 0 Å². The minimum absolute atomic E-state index is 0.139. The van der Waals surface area contributed by atoms with E-state index < -0.39 is 0 Å². The molecule has 1 amide bonds. The van der Waals surface area contributed by atoms with E-state index in [-0.39, 0.29) is 18.5 Å². The molecule has 0 saturated carbocycles. The zero-order valence-electron chi connectivity index (χ0n) is 14.9. The number of nitrogens with one attached hydrogen (secondary N) is 1. The first-order chi connectivity index (χ1) is 12.1. The molecule has 0 radical (unpaired) electrons. The van der Waals surface area contributed by atoms with Crippen LogP contribution in [0.25, 0.3) is 0 Å². The number of nitrogens with zero attached hydrogens (tertiary/aromatic N) is 4. The third-order valence-corrected chi connectivity index (χ3v) is 4.25. The van der Waals surface area contributed by atoms with Crippen molar-refractivity contribution < 1.29 is 9.53 Å². The van der Waals surface area contributed by atoms with Crippen molar-refractivity contribution in [2.45, 2.75) is 33.2 Å².